The van der Waals surface area contributed by atoms with E-state index < -0.39 is 24.6 Å². The second kappa shape index (κ2) is 7.28. The Balaban J connectivity index is 1.72. The smallest absolute Gasteiger partial charge is 0.380 e. The maximum atomic E-state index is 12.7. The third-order valence-corrected chi connectivity index (χ3v) is 5.49. The fourth-order valence-corrected chi connectivity index (χ4v) is 3.55. The van der Waals surface area contributed by atoms with Crippen LogP contribution in [0.4, 0.5) is 18.0 Å². The Morgan fingerprint density at radius 1 is 1.17 bits per heavy atom. The third-order valence-electron chi connectivity index (χ3n) is 5.49. The molecule has 0 radical (unpaired) electrons. The standard InChI is InChI=1S/C16H27F3N2O2/c1-2-12-3-5-13(6-4-12)11-20-14(22)21-9-7-15(23,8-10-21)16(17,18)19/h12-13,23H,2-11H2,1H3,(H,20,22). The molecule has 7 heteroatoms. The molecule has 4 nitrogen and oxygen atoms in total. The van der Waals surface area contributed by atoms with E-state index in [1.54, 1.807) is 0 Å². The van der Waals surface area contributed by atoms with E-state index in [4.69, 9.17) is 0 Å². The zero-order valence-corrected chi connectivity index (χ0v) is 13.7. The molecule has 0 spiro atoms. The van der Waals surface area contributed by atoms with Gasteiger partial charge in [0, 0.05) is 32.5 Å². The van der Waals surface area contributed by atoms with Crippen LogP contribution in [0.1, 0.15) is 51.9 Å². The van der Waals surface area contributed by atoms with Crippen LogP contribution < -0.4 is 5.32 Å². The van der Waals surface area contributed by atoms with Gasteiger partial charge in [0.05, 0.1) is 0 Å². The fraction of sp³-hybridized carbons (Fsp3) is 0.938. The molecule has 0 unspecified atom stereocenters. The van der Waals surface area contributed by atoms with Crippen LogP contribution in [-0.2, 0) is 0 Å². The predicted octanol–water partition coefficient (Wildman–Crippen LogP) is 3.30. The Morgan fingerprint density at radius 3 is 2.17 bits per heavy atom. The van der Waals surface area contributed by atoms with E-state index in [1.165, 1.54) is 24.2 Å². The number of hydrogen-bond acceptors (Lipinski definition) is 2. The van der Waals surface area contributed by atoms with Crippen LogP contribution in [0.15, 0.2) is 0 Å². The highest BCUT2D eigenvalue weighted by Crippen LogP contribution is 2.38. The highest BCUT2D eigenvalue weighted by molar-refractivity contribution is 5.74. The summed E-state index contributed by atoms with van der Waals surface area (Å²) >= 11 is 0. The first-order chi connectivity index (χ1) is 10.7. The Kier molecular flexibility index (Phi) is 5.81. The van der Waals surface area contributed by atoms with Gasteiger partial charge in [0.1, 0.15) is 0 Å². The molecule has 134 valence electrons. The van der Waals surface area contributed by atoms with Gasteiger partial charge in [-0.3, -0.25) is 0 Å². The van der Waals surface area contributed by atoms with Gasteiger partial charge in [0.15, 0.2) is 5.60 Å². The second-order valence-electron chi connectivity index (χ2n) is 7.00. The van der Waals surface area contributed by atoms with Crippen molar-refractivity contribution in [1.82, 2.24) is 10.2 Å². The van der Waals surface area contributed by atoms with E-state index in [9.17, 15) is 23.1 Å². The number of aliphatic hydroxyl groups is 1. The summed E-state index contributed by atoms with van der Waals surface area (Å²) in [5.41, 5.74) is -2.65. The quantitative estimate of drug-likeness (QED) is 0.831. The van der Waals surface area contributed by atoms with Crippen LogP contribution in [-0.4, -0.2) is 47.4 Å². The molecule has 1 heterocycles. The van der Waals surface area contributed by atoms with Gasteiger partial charge in [-0.25, -0.2) is 4.79 Å². The number of piperidine rings is 1. The molecule has 0 atom stereocenters. The SMILES string of the molecule is CCC1CCC(CNC(=O)N2CCC(O)(C(F)(F)F)CC2)CC1. The third kappa shape index (κ3) is 4.52. The lowest BCUT2D eigenvalue weighted by Gasteiger charge is -2.39. The van der Waals surface area contributed by atoms with Gasteiger partial charge in [0.25, 0.3) is 0 Å². The van der Waals surface area contributed by atoms with Crippen molar-refractivity contribution in [3.63, 3.8) is 0 Å². The maximum absolute atomic E-state index is 12.7. The minimum absolute atomic E-state index is 0.0651. The van der Waals surface area contributed by atoms with E-state index in [1.807, 2.05) is 0 Å². The molecule has 2 amide bonds. The lowest BCUT2D eigenvalue weighted by atomic mass is 9.81. The number of halogens is 3. The molecule has 1 aliphatic carbocycles. The first-order valence-electron chi connectivity index (χ1n) is 8.57. The van der Waals surface area contributed by atoms with E-state index >= 15 is 0 Å². The van der Waals surface area contributed by atoms with E-state index in [-0.39, 0.29) is 19.1 Å². The number of carbonyl (C=O) groups excluding carboxylic acids is 1. The van der Waals surface area contributed by atoms with Gasteiger partial charge >= 0.3 is 12.2 Å². The van der Waals surface area contributed by atoms with Crippen molar-refractivity contribution < 1.29 is 23.1 Å². The van der Waals surface area contributed by atoms with Crippen LogP contribution in [0.25, 0.3) is 0 Å². The van der Waals surface area contributed by atoms with Crippen molar-refractivity contribution in [2.24, 2.45) is 11.8 Å². The van der Waals surface area contributed by atoms with Gasteiger partial charge in [-0.05, 0) is 24.7 Å². The van der Waals surface area contributed by atoms with Gasteiger partial charge in [-0.15, -0.1) is 0 Å². The number of carbonyl (C=O) groups is 1. The van der Waals surface area contributed by atoms with Gasteiger partial charge in [-0.2, -0.15) is 13.2 Å². The van der Waals surface area contributed by atoms with Crippen LogP contribution in [0.3, 0.4) is 0 Å². The number of nitrogens with one attached hydrogen (secondary N) is 1. The van der Waals surface area contributed by atoms with Gasteiger partial charge in [-0.1, -0.05) is 26.2 Å². The molecule has 2 aliphatic rings. The Bertz CT molecular complexity index is 399. The molecule has 0 bridgehead atoms. The highest BCUT2D eigenvalue weighted by Gasteiger charge is 2.54. The number of hydrogen-bond donors (Lipinski definition) is 2. The second-order valence-corrected chi connectivity index (χ2v) is 7.00. The van der Waals surface area contributed by atoms with E-state index in [2.05, 4.69) is 12.2 Å². The molecule has 2 rings (SSSR count). The summed E-state index contributed by atoms with van der Waals surface area (Å²) in [6.45, 7) is 2.66. The van der Waals surface area contributed by atoms with Crippen molar-refractivity contribution in [3.05, 3.63) is 0 Å². The Hall–Kier alpha value is -0.980. The lowest BCUT2D eigenvalue weighted by Crippen LogP contribution is -2.56. The molecular weight excluding hydrogens is 309 g/mol. The molecular formula is C16H27F3N2O2. The summed E-state index contributed by atoms with van der Waals surface area (Å²) in [4.78, 5) is 13.4. The molecule has 0 aromatic carbocycles. The van der Waals surface area contributed by atoms with Crippen LogP contribution >= 0.6 is 0 Å². The fourth-order valence-electron chi connectivity index (χ4n) is 3.55. The summed E-state index contributed by atoms with van der Waals surface area (Å²) in [7, 11) is 0. The Labute approximate surface area is 135 Å². The molecule has 23 heavy (non-hydrogen) atoms. The summed E-state index contributed by atoms with van der Waals surface area (Å²) in [5.74, 6) is 1.27. The van der Waals surface area contributed by atoms with Crippen molar-refractivity contribution in [3.8, 4) is 0 Å². The van der Waals surface area contributed by atoms with E-state index in [0.717, 1.165) is 18.8 Å². The first kappa shape index (κ1) is 18.4. The first-order valence-corrected chi connectivity index (χ1v) is 8.57. The van der Waals surface area contributed by atoms with Crippen LogP contribution in [0.2, 0.25) is 0 Å². The predicted molar refractivity (Wildman–Crippen MR) is 80.9 cm³/mol. The molecule has 2 N–H and O–H groups in total. The number of nitrogens with zero attached hydrogens (tertiary/aromatic N) is 1. The minimum atomic E-state index is -4.63. The average molecular weight is 336 g/mol. The molecule has 1 aliphatic heterocycles. The summed E-state index contributed by atoms with van der Waals surface area (Å²) in [6, 6.07) is -0.313. The molecule has 1 saturated carbocycles. The number of likely N-dealkylation sites (tertiary alicyclic amines) is 1. The van der Waals surface area contributed by atoms with Crippen LogP contribution in [0, 0.1) is 11.8 Å². The summed E-state index contributed by atoms with van der Waals surface area (Å²) in [6.07, 6.45) is 0.261. The number of alkyl halides is 3. The lowest BCUT2D eigenvalue weighted by molar-refractivity contribution is -0.271. The van der Waals surface area contributed by atoms with Crippen molar-refractivity contribution in [2.45, 2.75) is 63.6 Å². The summed E-state index contributed by atoms with van der Waals surface area (Å²) in [5, 5.41) is 12.5. The van der Waals surface area contributed by atoms with Crippen LogP contribution in [0.5, 0.6) is 0 Å². The zero-order valence-electron chi connectivity index (χ0n) is 13.7. The topological polar surface area (TPSA) is 52.6 Å². The summed E-state index contributed by atoms with van der Waals surface area (Å²) < 4.78 is 38.2. The number of amides is 2. The van der Waals surface area contributed by atoms with Crippen molar-refractivity contribution >= 4 is 6.03 Å². The van der Waals surface area contributed by atoms with Gasteiger partial charge < -0.3 is 15.3 Å². The zero-order chi connectivity index (χ0) is 17.1. The number of rotatable bonds is 3. The Morgan fingerprint density at radius 2 is 1.70 bits per heavy atom. The molecule has 0 aromatic rings. The molecule has 0 aromatic heterocycles. The number of urea groups is 1. The van der Waals surface area contributed by atoms with Gasteiger partial charge in [0.2, 0.25) is 0 Å². The minimum Gasteiger partial charge on any atom is -0.380 e. The molecule has 2 fully saturated rings. The van der Waals surface area contributed by atoms with Crippen molar-refractivity contribution in [1.29, 1.82) is 0 Å². The maximum Gasteiger partial charge on any atom is 0.417 e. The highest BCUT2D eigenvalue weighted by atomic mass is 19.4. The largest absolute Gasteiger partial charge is 0.417 e. The average Bonchev–Trinajstić information content (AvgIpc) is 2.53. The van der Waals surface area contributed by atoms with E-state index in [0.29, 0.717) is 12.5 Å². The molecule has 1 saturated heterocycles. The van der Waals surface area contributed by atoms with Crippen molar-refractivity contribution in [2.75, 3.05) is 19.6 Å². The normalized spacial score (nSPS) is 28.5. The monoisotopic (exact) mass is 336 g/mol.